The van der Waals surface area contributed by atoms with Gasteiger partial charge in [-0.3, -0.25) is 4.79 Å². The van der Waals surface area contributed by atoms with Gasteiger partial charge in [0.1, 0.15) is 6.42 Å². The van der Waals surface area contributed by atoms with Gasteiger partial charge in [0.2, 0.25) is 0 Å². The van der Waals surface area contributed by atoms with Crippen molar-refractivity contribution in [2.24, 2.45) is 0 Å². The van der Waals surface area contributed by atoms with Crippen molar-refractivity contribution in [2.45, 2.75) is 84.0 Å². The maximum Gasteiger partial charge on any atom is 0.315 e. The van der Waals surface area contributed by atoms with Gasteiger partial charge in [-0.1, -0.05) is 70.6 Å². The molecule has 0 aromatic heterocycles. The van der Waals surface area contributed by atoms with E-state index in [1.165, 1.54) is 57.8 Å². The molecule has 2 nitrogen and oxygen atoms in total. The average molecular weight is 252 g/mol. The van der Waals surface area contributed by atoms with E-state index in [2.05, 4.69) is 18.8 Å². The van der Waals surface area contributed by atoms with Gasteiger partial charge in [-0.25, -0.2) is 0 Å². The summed E-state index contributed by atoms with van der Waals surface area (Å²) in [6, 6.07) is 0. The van der Waals surface area contributed by atoms with Crippen LogP contribution in [0.15, 0.2) is 0 Å². The van der Waals surface area contributed by atoms with Crippen LogP contribution >= 0.6 is 0 Å². The summed E-state index contributed by atoms with van der Waals surface area (Å²) in [7, 11) is 0. The van der Waals surface area contributed by atoms with Crippen molar-refractivity contribution in [3.8, 4) is 11.8 Å². The van der Waals surface area contributed by atoms with E-state index in [1.54, 1.807) is 0 Å². The zero-order valence-electron chi connectivity index (χ0n) is 11.8. The lowest BCUT2D eigenvalue weighted by Crippen LogP contribution is -1.90. The lowest BCUT2D eigenvalue weighted by Gasteiger charge is -2.00. The maximum atomic E-state index is 10.2. The number of aliphatic carboxylic acids is 1. The van der Waals surface area contributed by atoms with Gasteiger partial charge in [0.25, 0.3) is 0 Å². The largest absolute Gasteiger partial charge is 0.481 e. The summed E-state index contributed by atoms with van der Waals surface area (Å²) < 4.78 is 0. The van der Waals surface area contributed by atoms with Crippen molar-refractivity contribution >= 4 is 5.97 Å². The number of carboxylic acid groups (broad SMARTS) is 1. The first kappa shape index (κ1) is 17.0. The van der Waals surface area contributed by atoms with E-state index in [9.17, 15) is 4.79 Å². The number of rotatable bonds is 11. The highest BCUT2D eigenvalue weighted by molar-refractivity contribution is 5.69. The Balaban J connectivity index is 3.06. The molecule has 0 saturated heterocycles. The lowest BCUT2D eigenvalue weighted by molar-refractivity contribution is -0.135. The Kier molecular flexibility index (Phi) is 13.3. The van der Waals surface area contributed by atoms with Crippen molar-refractivity contribution in [3.05, 3.63) is 0 Å². The van der Waals surface area contributed by atoms with Crippen LogP contribution in [0.2, 0.25) is 0 Å². The molecular weight excluding hydrogens is 224 g/mol. The van der Waals surface area contributed by atoms with Gasteiger partial charge < -0.3 is 5.11 Å². The van der Waals surface area contributed by atoms with Gasteiger partial charge in [-0.2, -0.15) is 0 Å². The summed E-state index contributed by atoms with van der Waals surface area (Å²) in [5.41, 5.74) is 0. The third kappa shape index (κ3) is 15.0. The van der Waals surface area contributed by atoms with Crippen LogP contribution in [0.3, 0.4) is 0 Å². The SMILES string of the molecule is CCCCCCCCCCCCC#CCC(=O)O. The van der Waals surface area contributed by atoms with Crippen LogP contribution in [0.1, 0.15) is 84.0 Å². The number of carboxylic acids is 1. The Labute approximate surface area is 112 Å². The molecule has 104 valence electrons. The van der Waals surface area contributed by atoms with Gasteiger partial charge >= 0.3 is 5.97 Å². The normalized spacial score (nSPS) is 9.83. The Bertz CT molecular complexity index is 248. The van der Waals surface area contributed by atoms with Crippen molar-refractivity contribution in [1.29, 1.82) is 0 Å². The zero-order chi connectivity index (χ0) is 13.5. The maximum absolute atomic E-state index is 10.2. The Morgan fingerprint density at radius 1 is 0.833 bits per heavy atom. The zero-order valence-corrected chi connectivity index (χ0v) is 11.8. The van der Waals surface area contributed by atoms with E-state index in [0.717, 1.165) is 12.8 Å². The second kappa shape index (κ2) is 14.1. The molecule has 1 N–H and O–H groups in total. The molecule has 0 aromatic rings. The Hall–Kier alpha value is -0.970. The first-order valence-corrected chi connectivity index (χ1v) is 7.45. The molecule has 0 heterocycles. The van der Waals surface area contributed by atoms with E-state index in [1.807, 2.05) is 0 Å². The molecule has 0 rings (SSSR count). The van der Waals surface area contributed by atoms with Crippen LogP contribution in [-0.4, -0.2) is 11.1 Å². The van der Waals surface area contributed by atoms with Crippen molar-refractivity contribution in [1.82, 2.24) is 0 Å². The van der Waals surface area contributed by atoms with Crippen LogP contribution in [0.5, 0.6) is 0 Å². The van der Waals surface area contributed by atoms with Gasteiger partial charge in [0.15, 0.2) is 0 Å². The molecule has 0 unspecified atom stereocenters. The molecule has 0 aromatic carbocycles. The highest BCUT2D eigenvalue weighted by atomic mass is 16.4. The van der Waals surface area contributed by atoms with Gasteiger partial charge in [-0.15, -0.1) is 5.92 Å². The number of unbranched alkanes of at least 4 members (excludes halogenated alkanes) is 10. The molecule has 0 amide bonds. The third-order valence-corrected chi connectivity index (χ3v) is 3.02. The number of hydrogen-bond donors (Lipinski definition) is 1. The molecule has 0 radical (unpaired) electrons. The minimum atomic E-state index is -0.828. The van der Waals surface area contributed by atoms with Crippen LogP contribution in [0, 0.1) is 11.8 Å². The smallest absolute Gasteiger partial charge is 0.315 e. The number of hydrogen-bond acceptors (Lipinski definition) is 1. The lowest BCUT2D eigenvalue weighted by atomic mass is 10.1. The second-order valence-corrected chi connectivity index (χ2v) is 4.86. The quantitative estimate of drug-likeness (QED) is 0.424. The molecule has 0 bridgehead atoms. The fraction of sp³-hybridized carbons (Fsp3) is 0.812. The summed E-state index contributed by atoms with van der Waals surface area (Å²) in [6.45, 7) is 2.25. The number of carbonyl (C=O) groups is 1. The molecule has 0 saturated carbocycles. The monoisotopic (exact) mass is 252 g/mol. The van der Waals surface area contributed by atoms with Crippen molar-refractivity contribution < 1.29 is 9.90 Å². The highest BCUT2D eigenvalue weighted by Crippen LogP contribution is 2.10. The fourth-order valence-corrected chi connectivity index (χ4v) is 1.93. The van der Waals surface area contributed by atoms with Crippen LogP contribution in [0.25, 0.3) is 0 Å². The van der Waals surface area contributed by atoms with E-state index < -0.39 is 5.97 Å². The van der Waals surface area contributed by atoms with Crippen LogP contribution in [-0.2, 0) is 4.79 Å². The Morgan fingerprint density at radius 2 is 1.33 bits per heavy atom. The molecule has 0 aliphatic rings. The van der Waals surface area contributed by atoms with E-state index >= 15 is 0 Å². The van der Waals surface area contributed by atoms with E-state index in [0.29, 0.717) is 0 Å². The summed E-state index contributed by atoms with van der Waals surface area (Å²) in [5, 5.41) is 8.39. The van der Waals surface area contributed by atoms with E-state index in [4.69, 9.17) is 5.11 Å². The first-order valence-electron chi connectivity index (χ1n) is 7.45. The highest BCUT2D eigenvalue weighted by Gasteiger charge is 1.92. The molecule has 0 spiro atoms. The van der Waals surface area contributed by atoms with Crippen LogP contribution < -0.4 is 0 Å². The fourth-order valence-electron chi connectivity index (χ4n) is 1.93. The van der Waals surface area contributed by atoms with Gasteiger partial charge in [0.05, 0.1) is 0 Å². The summed E-state index contributed by atoms with van der Waals surface area (Å²) >= 11 is 0. The van der Waals surface area contributed by atoms with Crippen LogP contribution in [0.4, 0.5) is 0 Å². The predicted octanol–water partition coefficient (Wildman–Crippen LogP) is 4.78. The summed E-state index contributed by atoms with van der Waals surface area (Å²) in [4.78, 5) is 10.2. The second-order valence-electron chi connectivity index (χ2n) is 4.86. The molecule has 0 atom stereocenters. The van der Waals surface area contributed by atoms with Gasteiger partial charge in [0, 0.05) is 6.42 Å². The molecule has 18 heavy (non-hydrogen) atoms. The summed E-state index contributed by atoms with van der Waals surface area (Å²) in [6.07, 6.45) is 14.1. The van der Waals surface area contributed by atoms with E-state index in [-0.39, 0.29) is 6.42 Å². The minimum Gasteiger partial charge on any atom is -0.481 e. The van der Waals surface area contributed by atoms with Crippen molar-refractivity contribution in [2.75, 3.05) is 0 Å². The first-order chi connectivity index (χ1) is 8.77. The predicted molar refractivity (Wildman–Crippen MR) is 76.5 cm³/mol. The molecule has 0 fully saturated rings. The standard InChI is InChI=1S/C16H28O2/c1-2-3-4-5-6-7-8-9-10-11-12-13-14-15-16(17)18/h2-12,15H2,1H3,(H,17,18). The molecule has 2 heteroatoms. The Morgan fingerprint density at radius 3 is 1.83 bits per heavy atom. The van der Waals surface area contributed by atoms with Gasteiger partial charge in [-0.05, 0) is 6.42 Å². The summed E-state index contributed by atoms with van der Waals surface area (Å²) in [5.74, 6) is 4.75. The topological polar surface area (TPSA) is 37.3 Å². The molecule has 0 aliphatic carbocycles. The minimum absolute atomic E-state index is 0.0161. The third-order valence-electron chi connectivity index (χ3n) is 3.02. The molecule has 0 aliphatic heterocycles. The van der Waals surface area contributed by atoms with Crippen molar-refractivity contribution in [3.63, 3.8) is 0 Å². The molecular formula is C16H28O2. The average Bonchev–Trinajstić information content (AvgIpc) is 2.34.